The zero-order chi connectivity index (χ0) is 26.6. The first-order valence-corrected chi connectivity index (χ1v) is 11.9. The van der Waals surface area contributed by atoms with Gasteiger partial charge in [-0.05, 0) is 59.7 Å². The molecule has 0 radical (unpaired) electrons. The van der Waals surface area contributed by atoms with Crippen LogP contribution in [0.15, 0.2) is 66.7 Å². The molecule has 4 aromatic carbocycles. The summed E-state index contributed by atoms with van der Waals surface area (Å²) in [6.07, 6.45) is 0. The summed E-state index contributed by atoms with van der Waals surface area (Å²) in [6.45, 7) is 0. The quantitative estimate of drug-likeness (QED) is 0.291. The number of rotatable bonds is 6. The lowest BCUT2D eigenvalue weighted by atomic mass is 9.92. The largest absolute Gasteiger partial charge is 0.497 e. The van der Waals surface area contributed by atoms with Crippen LogP contribution >= 0.6 is 0 Å². The lowest BCUT2D eigenvalue weighted by Crippen LogP contribution is -2.29. The number of para-hydroxylation sites is 1. The highest BCUT2D eigenvalue weighted by atomic mass is 16.5. The molecule has 1 aliphatic heterocycles. The molecule has 0 saturated heterocycles. The van der Waals surface area contributed by atoms with E-state index in [9.17, 15) is 9.59 Å². The van der Waals surface area contributed by atoms with Gasteiger partial charge in [-0.1, -0.05) is 18.2 Å². The Kier molecular flexibility index (Phi) is 5.45. The summed E-state index contributed by atoms with van der Waals surface area (Å²) in [5.41, 5.74) is 3.89. The number of methoxy groups -OCH3 is 4. The fourth-order valence-corrected chi connectivity index (χ4v) is 5.20. The van der Waals surface area contributed by atoms with E-state index >= 15 is 0 Å². The van der Waals surface area contributed by atoms with Gasteiger partial charge in [0.1, 0.15) is 5.75 Å². The van der Waals surface area contributed by atoms with Crippen LogP contribution in [0.3, 0.4) is 0 Å². The molecule has 6 rings (SSSR count). The number of amides is 2. The molecule has 0 bridgehead atoms. The molecular weight excluding hydrogens is 484 g/mol. The number of fused-ring (bicyclic) bond motifs is 5. The molecule has 190 valence electrons. The maximum atomic E-state index is 14.0. The molecule has 8 nitrogen and oxygen atoms in total. The zero-order valence-electron chi connectivity index (χ0n) is 21.2. The zero-order valence-corrected chi connectivity index (χ0v) is 21.2. The van der Waals surface area contributed by atoms with E-state index < -0.39 is 5.91 Å². The number of ether oxygens (including phenoxy) is 4. The van der Waals surface area contributed by atoms with E-state index in [1.807, 2.05) is 30.3 Å². The van der Waals surface area contributed by atoms with Crippen molar-refractivity contribution in [3.8, 4) is 34.1 Å². The van der Waals surface area contributed by atoms with Gasteiger partial charge in [0.15, 0.2) is 11.5 Å². The topological polar surface area (TPSA) is 90.1 Å². The van der Waals surface area contributed by atoms with Crippen molar-refractivity contribution in [3.63, 3.8) is 0 Å². The van der Waals surface area contributed by atoms with Gasteiger partial charge >= 0.3 is 0 Å². The molecule has 2 amide bonds. The van der Waals surface area contributed by atoms with Gasteiger partial charge in [-0.15, -0.1) is 0 Å². The van der Waals surface area contributed by atoms with Gasteiger partial charge in [-0.25, -0.2) is 4.90 Å². The summed E-state index contributed by atoms with van der Waals surface area (Å²) in [4.78, 5) is 32.7. The molecule has 38 heavy (non-hydrogen) atoms. The fraction of sp³-hybridized carbons (Fsp3) is 0.133. The maximum Gasteiger partial charge on any atom is 0.266 e. The van der Waals surface area contributed by atoms with Crippen molar-refractivity contribution in [2.24, 2.45) is 0 Å². The third kappa shape index (κ3) is 3.30. The van der Waals surface area contributed by atoms with Crippen molar-refractivity contribution in [1.82, 2.24) is 4.98 Å². The second-order valence-corrected chi connectivity index (χ2v) is 8.83. The van der Waals surface area contributed by atoms with Crippen LogP contribution in [0.2, 0.25) is 0 Å². The van der Waals surface area contributed by atoms with Crippen LogP contribution in [0, 0.1) is 0 Å². The fourth-order valence-electron chi connectivity index (χ4n) is 5.20. The van der Waals surface area contributed by atoms with Crippen LogP contribution in [0.4, 0.5) is 5.69 Å². The first-order valence-electron chi connectivity index (χ1n) is 11.9. The highest BCUT2D eigenvalue weighted by molar-refractivity contribution is 6.41. The number of H-pyrrole nitrogens is 1. The minimum atomic E-state index is -0.404. The average molecular weight is 509 g/mol. The molecule has 5 aromatic rings. The lowest BCUT2D eigenvalue weighted by molar-refractivity contribution is 0.0927. The van der Waals surface area contributed by atoms with Crippen molar-refractivity contribution >= 4 is 39.3 Å². The minimum absolute atomic E-state index is 0.310. The molecule has 2 heterocycles. The van der Waals surface area contributed by atoms with Crippen molar-refractivity contribution in [1.29, 1.82) is 0 Å². The van der Waals surface area contributed by atoms with Crippen LogP contribution in [-0.2, 0) is 0 Å². The van der Waals surface area contributed by atoms with Crippen LogP contribution < -0.4 is 23.8 Å². The van der Waals surface area contributed by atoms with Crippen LogP contribution in [0.5, 0.6) is 23.0 Å². The van der Waals surface area contributed by atoms with E-state index in [1.165, 1.54) is 26.2 Å². The number of hydrogen-bond donors (Lipinski definition) is 1. The summed E-state index contributed by atoms with van der Waals surface area (Å²) in [6, 6.07) is 20.0. The third-order valence-electron chi connectivity index (χ3n) is 6.92. The second kappa shape index (κ2) is 8.85. The average Bonchev–Trinajstić information content (AvgIpc) is 3.45. The number of nitrogens with one attached hydrogen (secondary N) is 1. The van der Waals surface area contributed by atoms with E-state index in [2.05, 4.69) is 4.98 Å². The lowest BCUT2D eigenvalue weighted by Gasteiger charge is -2.16. The van der Waals surface area contributed by atoms with Gasteiger partial charge in [0.05, 0.1) is 45.3 Å². The highest BCUT2D eigenvalue weighted by Gasteiger charge is 2.41. The van der Waals surface area contributed by atoms with Crippen LogP contribution in [0.1, 0.15) is 20.7 Å². The third-order valence-corrected chi connectivity index (χ3v) is 6.92. The van der Waals surface area contributed by atoms with Gasteiger partial charge in [-0.3, -0.25) is 9.59 Å². The van der Waals surface area contributed by atoms with Gasteiger partial charge in [0, 0.05) is 21.8 Å². The molecule has 0 fully saturated rings. The summed E-state index contributed by atoms with van der Waals surface area (Å²) in [5.74, 6) is 1.17. The highest BCUT2D eigenvalue weighted by Crippen LogP contribution is 2.46. The van der Waals surface area contributed by atoms with E-state index in [-0.39, 0.29) is 5.91 Å². The molecule has 0 unspecified atom stereocenters. The molecule has 1 aliphatic rings. The smallest absolute Gasteiger partial charge is 0.266 e. The monoisotopic (exact) mass is 508 g/mol. The van der Waals surface area contributed by atoms with Crippen molar-refractivity contribution in [2.45, 2.75) is 0 Å². The molecule has 0 spiro atoms. The number of anilines is 1. The number of nitrogens with zero attached hydrogens (tertiary/aromatic N) is 1. The molecule has 1 N–H and O–H groups in total. The number of aromatic amines is 1. The Morgan fingerprint density at radius 3 is 2.00 bits per heavy atom. The summed E-state index contributed by atoms with van der Waals surface area (Å²) >= 11 is 0. The minimum Gasteiger partial charge on any atom is -0.497 e. The number of carbonyl (C=O) groups is 2. The Hall–Kier alpha value is -4.98. The maximum absolute atomic E-state index is 14.0. The van der Waals surface area contributed by atoms with E-state index in [1.54, 1.807) is 43.5 Å². The summed E-state index contributed by atoms with van der Waals surface area (Å²) < 4.78 is 22.1. The van der Waals surface area contributed by atoms with Gasteiger partial charge in [0.2, 0.25) is 5.75 Å². The molecular formula is C30H24N2O6. The summed E-state index contributed by atoms with van der Waals surface area (Å²) in [5, 5.41) is 1.46. The number of aromatic nitrogens is 1. The van der Waals surface area contributed by atoms with Gasteiger partial charge < -0.3 is 23.9 Å². The van der Waals surface area contributed by atoms with Crippen LogP contribution in [-0.4, -0.2) is 45.2 Å². The van der Waals surface area contributed by atoms with Crippen molar-refractivity contribution in [2.75, 3.05) is 33.3 Å². The molecule has 8 heteroatoms. The van der Waals surface area contributed by atoms with Crippen LogP contribution in [0.25, 0.3) is 32.9 Å². The number of carbonyl (C=O) groups excluding carboxylic acids is 2. The first-order chi connectivity index (χ1) is 18.5. The van der Waals surface area contributed by atoms with Gasteiger partial charge in [0.25, 0.3) is 11.8 Å². The molecule has 1 aromatic heterocycles. The Morgan fingerprint density at radius 2 is 1.37 bits per heavy atom. The Bertz CT molecular complexity index is 1730. The Labute approximate surface area is 218 Å². The molecule has 0 atom stereocenters. The number of imide groups is 1. The first kappa shape index (κ1) is 23.4. The standard InChI is InChI=1S/C30H24N2O6/c1-35-18-10-11-21-20(14-18)25-22(31-21)15-19(16-12-23(36-2)28(38-4)24(13-16)37-3)26-27(25)30(34)32(29(26)33)17-8-6-5-7-9-17/h5-15,31H,1-4H3. The van der Waals surface area contributed by atoms with Crippen molar-refractivity contribution in [3.05, 3.63) is 77.9 Å². The van der Waals surface area contributed by atoms with Crippen molar-refractivity contribution < 1.29 is 28.5 Å². The van der Waals surface area contributed by atoms with E-state index in [0.29, 0.717) is 61.8 Å². The van der Waals surface area contributed by atoms with E-state index in [0.717, 1.165) is 10.9 Å². The second-order valence-electron chi connectivity index (χ2n) is 8.83. The molecule has 0 saturated carbocycles. The predicted molar refractivity (Wildman–Crippen MR) is 145 cm³/mol. The van der Waals surface area contributed by atoms with Gasteiger partial charge in [-0.2, -0.15) is 0 Å². The number of hydrogen-bond acceptors (Lipinski definition) is 6. The SMILES string of the molecule is COc1ccc2[nH]c3cc(-c4cc(OC)c(OC)c(OC)c4)c4c(c3c2c1)C(=O)N(c1ccccc1)C4=O. The normalized spacial score (nSPS) is 12.8. The molecule has 0 aliphatic carbocycles. The Balaban J connectivity index is 1.72. The van der Waals surface area contributed by atoms with E-state index in [4.69, 9.17) is 18.9 Å². The Morgan fingerprint density at radius 1 is 0.684 bits per heavy atom. The number of benzene rings is 4. The summed E-state index contributed by atoms with van der Waals surface area (Å²) in [7, 11) is 6.19. The predicted octanol–water partition coefficient (Wildman–Crippen LogP) is 5.82.